The second kappa shape index (κ2) is 13.2. The first-order valence-corrected chi connectivity index (χ1v) is 11.8. The van der Waals surface area contributed by atoms with Gasteiger partial charge in [-0.2, -0.15) is 0 Å². The van der Waals surface area contributed by atoms with Gasteiger partial charge in [0.15, 0.2) is 5.78 Å². The van der Waals surface area contributed by atoms with E-state index in [2.05, 4.69) is 32.2 Å². The van der Waals surface area contributed by atoms with Crippen LogP contribution in [0.4, 0.5) is 0 Å². The highest BCUT2D eigenvalue weighted by atomic mass is 16.5. The first kappa shape index (κ1) is 29.0. The maximum Gasteiger partial charge on any atom is 0.338 e. The second-order valence-electron chi connectivity index (χ2n) is 8.62. The second-order valence-corrected chi connectivity index (χ2v) is 8.62. The van der Waals surface area contributed by atoms with Gasteiger partial charge in [-0.25, -0.2) is 4.79 Å². The molecule has 0 saturated heterocycles. The summed E-state index contributed by atoms with van der Waals surface area (Å²) in [6.07, 6.45) is 0.959. The van der Waals surface area contributed by atoms with Crippen molar-refractivity contribution in [2.75, 3.05) is 0 Å². The number of ketones is 1. The van der Waals surface area contributed by atoms with Crippen LogP contribution >= 0.6 is 0 Å². The molecular weight excluding hydrogens is 464 g/mol. The van der Waals surface area contributed by atoms with Crippen LogP contribution in [0.25, 0.3) is 22.3 Å². The lowest BCUT2D eigenvalue weighted by molar-refractivity contribution is -0.135. The zero-order chi connectivity index (χ0) is 26.2. The number of rotatable bonds is 10. The van der Waals surface area contributed by atoms with E-state index in [1.807, 2.05) is 30.3 Å². The van der Waals surface area contributed by atoms with E-state index in [0.717, 1.165) is 28.7 Å². The molecule has 0 aliphatic heterocycles. The number of carbonyl (C=O) groups excluding carboxylic acids is 3. The number of hydrogen-bond acceptors (Lipinski definition) is 5. The van der Waals surface area contributed by atoms with Gasteiger partial charge in [0.25, 0.3) is 0 Å². The number of aryl methyl sites for hydroxylation is 1. The number of hydrogen-bond donors (Lipinski definition) is 0. The van der Waals surface area contributed by atoms with Crippen molar-refractivity contribution in [1.29, 1.82) is 0 Å². The maximum atomic E-state index is 12.0. The van der Waals surface area contributed by atoms with Crippen LogP contribution in [0.15, 0.2) is 91.0 Å². The van der Waals surface area contributed by atoms with Crippen LogP contribution in [0.1, 0.15) is 46.6 Å². The van der Waals surface area contributed by atoms with E-state index >= 15 is 0 Å². The van der Waals surface area contributed by atoms with Crippen molar-refractivity contribution < 1.29 is 23.9 Å². The third kappa shape index (κ3) is 7.87. The first-order chi connectivity index (χ1) is 17.2. The van der Waals surface area contributed by atoms with Crippen molar-refractivity contribution in [1.82, 2.24) is 0 Å². The molecule has 192 valence electrons. The average molecular weight is 499 g/mol. The highest BCUT2D eigenvalue weighted by Gasteiger charge is 2.11. The minimum atomic E-state index is -0.449. The molecule has 0 N–H and O–H groups in total. The Morgan fingerprint density at radius 3 is 1.78 bits per heavy atom. The van der Waals surface area contributed by atoms with Gasteiger partial charge in [0.2, 0.25) is 0 Å². The van der Waals surface area contributed by atoms with Crippen molar-refractivity contribution >= 4 is 17.7 Å². The fourth-order valence-electron chi connectivity index (χ4n) is 3.57. The number of esters is 2. The minimum absolute atomic E-state index is 0. The topological polar surface area (TPSA) is 69.7 Å². The number of carbonyl (C=O) groups is 3. The zero-order valence-corrected chi connectivity index (χ0v) is 20.9. The number of allylic oxidation sites excluding steroid dienone is 1. The zero-order valence-electron chi connectivity index (χ0n) is 20.9. The molecule has 0 unspecified atom stereocenters. The van der Waals surface area contributed by atoms with Crippen molar-refractivity contribution in [2.45, 2.75) is 47.5 Å². The summed E-state index contributed by atoms with van der Waals surface area (Å²) in [5.74, 6) is -0.119. The van der Waals surface area contributed by atoms with E-state index in [-0.39, 0.29) is 26.1 Å². The Balaban J connectivity index is 0.00000481. The Labute approximate surface area is 219 Å². The molecule has 0 aliphatic carbocycles. The van der Waals surface area contributed by atoms with Crippen molar-refractivity contribution in [3.05, 3.63) is 96.6 Å². The largest absolute Gasteiger partial charge is 0.427 e. The van der Waals surface area contributed by atoms with Crippen LogP contribution in [0, 0.1) is 0 Å². The van der Waals surface area contributed by atoms with Gasteiger partial charge in [-0.1, -0.05) is 70.0 Å². The van der Waals surface area contributed by atoms with E-state index in [9.17, 15) is 14.4 Å². The standard InChI is InChI=1S/C31H30O5.CH4/c1-6-22-19-25(11-16-28(22)24-9-14-27(15-10-24)36-31(34)21(4)5)23-7-12-26(13-8-23)35-30(33)18-17-29(32)20(2)3;/h7-16,19H,2,4,6,17-18H2,1,3,5H3;1H4. The molecule has 3 rings (SSSR count). The summed E-state index contributed by atoms with van der Waals surface area (Å²) in [6.45, 7) is 12.5. The molecule has 37 heavy (non-hydrogen) atoms. The molecule has 0 fully saturated rings. The lowest BCUT2D eigenvalue weighted by Gasteiger charge is -2.12. The Hall–Kier alpha value is -4.25. The lowest BCUT2D eigenvalue weighted by atomic mass is 9.93. The van der Waals surface area contributed by atoms with Gasteiger partial charge in [-0.3, -0.25) is 9.59 Å². The summed E-state index contributed by atoms with van der Waals surface area (Å²) in [7, 11) is 0. The normalized spacial score (nSPS) is 10.1. The van der Waals surface area contributed by atoms with Crippen LogP contribution in [0.3, 0.4) is 0 Å². The van der Waals surface area contributed by atoms with Gasteiger partial charge in [-0.15, -0.1) is 0 Å². The predicted molar refractivity (Wildman–Crippen MR) is 149 cm³/mol. The summed E-state index contributed by atoms with van der Waals surface area (Å²) in [4.78, 5) is 35.4. The molecule has 5 nitrogen and oxygen atoms in total. The molecule has 3 aromatic carbocycles. The minimum Gasteiger partial charge on any atom is -0.427 e. The summed E-state index contributed by atoms with van der Waals surface area (Å²) in [5.41, 5.74) is 6.14. The Kier molecular flexibility index (Phi) is 10.3. The summed E-state index contributed by atoms with van der Waals surface area (Å²) in [5, 5.41) is 0. The SMILES string of the molecule is C.C=C(C)C(=O)CCC(=O)Oc1ccc(-c2ccc(-c3ccc(OC(=O)C(=C)C)cc3)c(CC)c2)cc1. The van der Waals surface area contributed by atoms with Gasteiger partial charge in [-0.05, 0) is 77.9 Å². The van der Waals surface area contributed by atoms with Crippen LogP contribution < -0.4 is 9.47 Å². The van der Waals surface area contributed by atoms with Gasteiger partial charge in [0.05, 0.1) is 6.42 Å². The van der Waals surface area contributed by atoms with Crippen LogP contribution in [-0.4, -0.2) is 17.7 Å². The molecule has 0 bridgehead atoms. The van der Waals surface area contributed by atoms with E-state index in [1.54, 1.807) is 38.1 Å². The highest BCUT2D eigenvalue weighted by molar-refractivity contribution is 5.95. The van der Waals surface area contributed by atoms with Crippen LogP contribution in [0.2, 0.25) is 0 Å². The Morgan fingerprint density at radius 2 is 1.24 bits per heavy atom. The van der Waals surface area contributed by atoms with Gasteiger partial charge < -0.3 is 9.47 Å². The van der Waals surface area contributed by atoms with Gasteiger partial charge >= 0.3 is 11.9 Å². The smallest absolute Gasteiger partial charge is 0.338 e. The molecule has 0 spiro atoms. The molecule has 0 heterocycles. The highest BCUT2D eigenvalue weighted by Crippen LogP contribution is 2.31. The monoisotopic (exact) mass is 498 g/mol. The first-order valence-electron chi connectivity index (χ1n) is 11.8. The molecular formula is C32H34O5. The predicted octanol–water partition coefficient (Wildman–Crippen LogP) is 7.53. The fraction of sp³-hybridized carbons (Fsp3) is 0.219. The van der Waals surface area contributed by atoms with E-state index in [0.29, 0.717) is 22.6 Å². The summed E-state index contributed by atoms with van der Waals surface area (Å²) < 4.78 is 10.6. The molecule has 0 atom stereocenters. The maximum absolute atomic E-state index is 12.0. The number of ether oxygens (including phenoxy) is 2. The van der Waals surface area contributed by atoms with E-state index in [1.165, 1.54) is 5.56 Å². The molecule has 0 saturated carbocycles. The number of benzene rings is 3. The number of Topliss-reactive ketones (excluding diaryl/α,β-unsaturated/α-hetero) is 1. The van der Waals surface area contributed by atoms with Gasteiger partial charge in [0.1, 0.15) is 11.5 Å². The van der Waals surface area contributed by atoms with Crippen LogP contribution in [-0.2, 0) is 20.8 Å². The molecule has 0 aromatic heterocycles. The third-order valence-electron chi connectivity index (χ3n) is 5.66. The molecule has 0 aliphatic rings. The average Bonchev–Trinajstić information content (AvgIpc) is 2.87. The van der Waals surface area contributed by atoms with E-state index < -0.39 is 11.9 Å². The lowest BCUT2D eigenvalue weighted by Crippen LogP contribution is -2.10. The Bertz CT molecular complexity index is 1300. The fourth-order valence-corrected chi connectivity index (χ4v) is 3.57. The summed E-state index contributed by atoms with van der Waals surface area (Å²) in [6, 6.07) is 21.0. The Morgan fingerprint density at radius 1 is 0.703 bits per heavy atom. The quantitative estimate of drug-likeness (QED) is 0.164. The molecule has 5 heteroatoms. The van der Waals surface area contributed by atoms with Gasteiger partial charge in [0, 0.05) is 12.0 Å². The van der Waals surface area contributed by atoms with E-state index in [4.69, 9.17) is 9.47 Å². The third-order valence-corrected chi connectivity index (χ3v) is 5.66. The molecule has 0 radical (unpaired) electrons. The summed E-state index contributed by atoms with van der Waals surface area (Å²) >= 11 is 0. The van der Waals surface area contributed by atoms with Crippen molar-refractivity contribution in [2.24, 2.45) is 0 Å². The van der Waals surface area contributed by atoms with Crippen molar-refractivity contribution in [3.8, 4) is 33.8 Å². The molecule has 0 amide bonds. The van der Waals surface area contributed by atoms with Crippen LogP contribution in [0.5, 0.6) is 11.5 Å². The van der Waals surface area contributed by atoms with Crippen molar-refractivity contribution in [3.63, 3.8) is 0 Å². The molecule has 3 aromatic rings.